The fraction of sp³-hybridized carbons (Fsp3) is 0.231. The third-order valence-corrected chi connectivity index (χ3v) is 4.27. The summed E-state index contributed by atoms with van der Waals surface area (Å²) in [4.78, 5) is 4.28. The van der Waals surface area contributed by atoms with Crippen molar-refractivity contribution in [3.63, 3.8) is 0 Å². The van der Waals surface area contributed by atoms with Gasteiger partial charge < -0.3 is 0 Å². The molecule has 2 rings (SSSR count). The summed E-state index contributed by atoms with van der Waals surface area (Å²) in [6.07, 6.45) is 0. The Bertz CT molecular complexity index is 564. The monoisotopic (exact) mass is 306 g/mol. The van der Waals surface area contributed by atoms with Crippen LogP contribution in [0.3, 0.4) is 0 Å². The van der Waals surface area contributed by atoms with Gasteiger partial charge in [-0.3, -0.25) is 0 Å². The second-order valence-electron chi connectivity index (χ2n) is 4.03. The van der Waals surface area contributed by atoms with E-state index in [-0.39, 0.29) is 0 Å². The molecule has 0 atom stereocenters. The minimum atomic E-state index is 0.456. The van der Waals surface area contributed by atoms with Gasteiger partial charge in [0.05, 0.1) is 0 Å². The number of thiazole rings is 1. The second kappa shape index (κ2) is 4.99. The van der Waals surface area contributed by atoms with Crippen molar-refractivity contribution in [1.29, 1.82) is 5.26 Å². The molecule has 0 radical (unpaired) electrons. The van der Waals surface area contributed by atoms with Gasteiger partial charge in [0, 0.05) is 5.56 Å². The summed E-state index contributed by atoms with van der Waals surface area (Å²) in [5, 5.41) is 9.74. The van der Waals surface area contributed by atoms with Crippen LogP contribution in [0.15, 0.2) is 28.1 Å². The van der Waals surface area contributed by atoms with Crippen LogP contribution in [0.25, 0.3) is 10.6 Å². The van der Waals surface area contributed by atoms with Crippen LogP contribution < -0.4 is 0 Å². The van der Waals surface area contributed by atoms with Crippen molar-refractivity contribution in [3.8, 4) is 16.6 Å². The first-order valence-corrected chi connectivity index (χ1v) is 6.89. The molecule has 0 unspecified atom stereocenters. The van der Waals surface area contributed by atoms with Crippen LogP contribution in [0.4, 0.5) is 0 Å². The van der Waals surface area contributed by atoms with Gasteiger partial charge in [0.25, 0.3) is 0 Å². The van der Waals surface area contributed by atoms with E-state index in [4.69, 9.17) is 5.26 Å². The van der Waals surface area contributed by atoms with E-state index >= 15 is 0 Å². The molecule has 0 bridgehead atoms. The molecule has 2 aromatic rings. The van der Waals surface area contributed by atoms with Gasteiger partial charge >= 0.3 is 0 Å². The third kappa shape index (κ3) is 2.56. The van der Waals surface area contributed by atoms with Crippen LogP contribution in [0.1, 0.15) is 31.0 Å². The Balaban J connectivity index is 2.37. The van der Waals surface area contributed by atoms with E-state index in [9.17, 15) is 0 Å². The molecule has 0 amide bonds. The summed E-state index contributed by atoms with van der Waals surface area (Å²) in [6, 6.07) is 10.4. The maximum Gasteiger partial charge on any atom is 0.166 e. The lowest BCUT2D eigenvalue weighted by molar-refractivity contribution is 0.867. The Labute approximate surface area is 113 Å². The van der Waals surface area contributed by atoms with E-state index in [2.05, 4.69) is 65.1 Å². The molecule has 17 heavy (non-hydrogen) atoms. The minimum absolute atomic E-state index is 0.456. The van der Waals surface area contributed by atoms with Crippen molar-refractivity contribution in [2.24, 2.45) is 0 Å². The number of halogens is 1. The van der Waals surface area contributed by atoms with Crippen molar-refractivity contribution in [1.82, 2.24) is 4.98 Å². The number of aromatic nitrogens is 1. The average molecular weight is 307 g/mol. The number of rotatable bonds is 2. The Morgan fingerprint density at radius 2 is 1.94 bits per heavy atom. The zero-order valence-electron chi connectivity index (χ0n) is 9.57. The van der Waals surface area contributed by atoms with Crippen LogP contribution in [0.2, 0.25) is 0 Å². The normalized spacial score (nSPS) is 10.5. The number of hydrogen-bond acceptors (Lipinski definition) is 3. The van der Waals surface area contributed by atoms with Crippen molar-refractivity contribution < 1.29 is 0 Å². The third-order valence-electron chi connectivity index (χ3n) is 2.52. The second-order valence-corrected chi connectivity index (χ2v) is 6.35. The highest BCUT2D eigenvalue weighted by molar-refractivity contribution is 9.11. The van der Waals surface area contributed by atoms with E-state index in [1.165, 1.54) is 16.9 Å². The Morgan fingerprint density at radius 1 is 1.29 bits per heavy atom. The maximum absolute atomic E-state index is 8.86. The lowest BCUT2D eigenvalue weighted by Crippen LogP contribution is -1.86. The molecule has 1 heterocycles. The number of benzene rings is 1. The first-order chi connectivity index (χ1) is 8.11. The molecule has 0 saturated carbocycles. The Morgan fingerprint density at radius 3 is 2.41 bits per heavy atom. The molecule has 0 aliphatic heterocycles. The molecule has 86 valence electrons. The quantitative estimate of drug-likeness (QED) is 0.815. The fourth-order valence-corrected chi connectivity index (χ4v) is 2.89. The topological polar surface area (TPSA) is 36.7 Å². The van der Waals surface area contributed by atoms with Crippen molar-refractivity contribution in [2.45, 2.75) is 19.8 Å². The average Bonchev–Trinajstić information content (AvgIpc) is 2.70. The zero-order valence-corrected chi connectivity index (χ0v) is 12.0. The molecule has 0 N–H and O–H groups in total. The van der Waals surface area contributed by atoms with E-state index in [1.807, 2.05) is 0 Å². The van der Waals surface area contributed by atoms with Crippen LogP contribution in [-0.2, 0) is 0 Å². The molecule has 0 spiro atoms. The van der Waals surface area contributed by atoms with Gasteiger partial charge in [-0.25, -0.2) is 4.98 Å². The summed E-state index contributed by atoms with van der Waals surface area (Å²) in [6.45, 7) is 4.34. The predicted molar refractivity (Wildman–Crippen MR) is 74.1 cm³/mol. The molecule has 4 heteroatoms. The van der Waals surface area contributed by atoms with Gasteiger partial charge in [0.15, 0.2) is 5.69 Å². The summed E-state index contributed by atoms with van der Waals surface area (Å²) >= 11 is 4.84. The van der Waals surface area contributed by atoms with Crippen LogP contribution in [0, 0.1) is 11.3 Å². The lowest BCUT2D eigenvalue weighted by atomic mass is 10.0. The van der Waals surface area contributed by atoms with Crippen LogP contribution in [0.5, 0.6) is 0 Å². The van der Waals surface area contributed by atoms with Gasteiger partial charge in [-0.1, -0.05) is 38.1 Å². The number of hydrogen-bond donors (Lipinski definition) is 0. The van der Waals surface area contributed by atoms with E-state index in [0.29, 0.717) is 11.6 Å². The van der Waals surface area contributed by atoms with Gasteiger partial charge in [-0.05, 0) is 27.4 Å². The largest absolute Gasteiger partial charge is 0.224 e. The van der Waals surface area contributed by atoms with Gasteiger partial charge in [0.2, 0.25) is 0 Å². The molecule has 0 fully saturated rings. The fourth-order valence-electron chi connectivity index (χ4n) is 1.50. The SMILES string of the molecule is CC(C)c1ccc(-c2nc(C#N)c(Br)s2)cc1. The maximum atomic E-state index is 8.86. The molecule has 1 aromatic heterocycles. The van der Waals surface area contributed by atoms with Gasteiger partial charge in [-0.15, -0.1) is 11.3 Å². The van der Waals surface area contributed by atoms with Crippen molar-refractivity contribution >= 4 is 27.3 Å². The smallest absolute Gasteiger partial charge is 0.166 e. The first kappa shape index (κ1) is 12.3. The van der Waals surface area contributed by atoms with E-state index in [0.717, 1.165) is 14.4 Å². The first-order valence-electron chi connectivity index (χ1n) is 5.28. The molecule has 2 nitrogen and oxygen atoms in total. The van der Waals surface area contributed by atoms with Crippen molar-refractivity contribution in [2.75, 3.05) is 0 Å². The van der Waals surface area contributed by atoms with Crippen molar-refractivity contribution in [3.05, 3.63) is 39.3 Å². The number of nitrogens with zero attached hydrogens (tertiary/aromatic N) is 2. The summed E-state index contributed by atoms with van der Waals surface area (Å²) < 4.78 is 0.794. The lowest BCUT2D eigenvalue weighted by Gasteiger charge is -2.05. The van der Waals surface area contributed by atoms with E-state index < -0.39 is 0 Å². The van der Waals surface area contributed by atoms with Gasteiger partial charge in [-0.2, -0.15) is 5.26 Å². The Kier molecular flexibility index (Phi) is 3.60. The van der Waals surface area contributed by atoms with E-state index in [1.54, 1.807) is 0 Å². The van der Waals surface area contributed by atoms with Crippen LogP contribution >= 0.6 is 27.3 Å². The highest BCUT2D eigenvalue weighted by atomic mass is 79.9. The minimum Gasteiger partial charge on any atom is -0.224 e. The molecular weight excluding hydrogens is 296 g/mol. The zero-order chi connectivity index (χ0) is 12.4. The molecule has 0 aliphatic carbocycles. The molecule has 1 aromatic carbocycles. The predicted octanol–water partition coefficient (Wildman–Crippen LogP) is 4.57. The summed E-state index contributed by atoms with van der Waals surface area (Å²) in [5.41, 5.74) is 2.82. The standard InChI is InChI=1S/C13H11BrN2S/c1-8(2)9-3-5-10(6-4-9)13-16-11(7-15)12(14)17-13/h3-6,8H,1-2H3. The number of nitriles is 1. The molecule has 0 aliphatic rings. The van der Waals surface area contributed by atoms with Crippen LogP contribution in [-0.4, -0.2) is 4.98 Å². The summed E-state index contributed by atoms with van der Waals surface area (Å²) in [7, 11) is 0. The van der Waals surface area contributed by atoms with Gasteiger partial charge in [0.1, 0.15) is 14.9 Å². The highest BCUT2D eigenvalue weighted by Crippen LogP contribution is 2.32. The summed E-state index contributed by atoms with van der Waals surface area (Å²) in [5.74, 6) is 0.529. The Hall–Kier alpha value is -1.18. The highest BCUT2D eigenvalue weighted by Gasteiger charge is 2.10. The molecule has 0 saturated heterocycles. The molecular formula is C13H11BrN2S.